The van der Waals surface area contributed by atoms with E-state index in [1.54, 1.807) is 11.3 Å². The zero-order valence-corrected chi connectivity index (χ0v) is 19.4. The number of aromatic nitrogens is 1. The van der Waals surface area contributed by atoms with E-state index in [0.29, 0.717) is 5.41 Å². The molecule has 0 unspecified atom stereocenters. The fraction of sp³-hybridized carbons (Fsp3) is 0.789. The Hall–Kier alpha value is -0.570. The quantitative estimate of drug-likeness (QED) is 0.344. The zero-order chi connectivity index (χ0) is 17.5. The number of hydrogen-bond acceptors (Lipinski definition) is 4. The maximum absolute atomic E-state index is 4.79. The van der Waals surface area contributed by atoms with Crippen LogP contribution in [0.2, 0.25) is 0 Å². The molecular formula is C19H34IN5S. The summed E-state index contributed by atoms with van der Waals surface area (Å²) in [5.41, 5.74) is 1.67. The van der Waals surface area contributed by atoms with Crippen LogP contribution in [-0.2, 0) is 6.42 Å². The van der Waals surface area contributed by atoms with Gasteiger partial charge < -0.3 is 15.5 Å². The summed E-state index contributed by atoms with van der Waals surface area (Å²) >= 11 is 1.78. The van der Waals surface area contributed by atoms with Crippen molar-refractivity contribution in [3.05, 3.63) is 11.1 Å². The Bertz CT molecular complexity index is 562. The van der Waals surface area contributed by atoms with Crippen molar-refractivity contribution in [2.45, 2.75) is 58.3 Å². The topological polar surface area (TPSA) is 52.6 Å². The van der Waals surface area contributed by atoms with Gasteiger partial charge in [-0.15, -0.1) is 35.3 Å². The number of hydrogen-bond donors (Lipinski definition) is 2. The van der Waals surface area contributed by atoms with Crippen molar-refractivity contribution in [1.82, 2.24) is 15.6 Å². The Labute approximate surface area is 179 Å². The van der Waals surface area contributed by atoms with Crippen LogP contribution in [0.5, 0.6) is 0 Å². The highest BCUT2D eigenvalue weighted by Crippen LogP contribution is 2.40. The summed E-state index contributed by atoms with van der Waals surface area (Å²) in [6, 6.07) is 0. The fourth-order valence-electron chi connectivity index (χ4n) is 4.05. The van der Waals surface area contributed by atoms with Crippen molar-refractivity contribution in [1.29, 1.82) is 0 Å². The van der Waals surface area contributed by atoms with Gasteiger partial charge in [0, 0.05) is 45.0 Å². The van der Waals surface area contributed by atoms with Gasteiger partial charge in [-0.05, 0) is 37.5 Å². The number of aliphatic imine (C=N–C) groups is 1. The van der Waals surface area contributed by atoms with Crippen molar-refractivity contribution in [2.24, 2.45) is 10.4 Å². The minimum Gasteiger partial charge on any atom is -0.356 e. The lowest BCUT2D eigenvalue weighted by molar-refractivity contribution is 0.283. The van der Waals surface area contributed by atoms with E-state index >= 15 is 0 Å². The first kappa shape index (κ1) is 21.7. The third-order valence-corrected chi connectivity index (χ3v) is 6.81. The molecule has 0 aromatic carbocycles. The smallest absolute Gasteiger partial charge is 0.191 e. The first-order valence-electron chi connectivity index (χ1n) is 9.88. The molecule has 5 nitrogen and oxygen atoms in total. The number of nitrogens with one attached hydrogen (secondary N) is 2. The summed E-state index contributed by atoms with van der Waals surface area (Å²) in [4.78, 5) is 11.6. The van der Waals surface area contributed by atoms with Crippen LogP contribution in [0.25, 0.3) is 0 Å². The van der Waals surface area contributed by atoms with Crippen molar-refractivity contribution >= 4 is 46.4 Å². The Balaban J connectivity index is 0.00000243. The highest BCUT2D eigenvalue weighted by atomic mass is 127. The molecule has 2 fully saturated rings. The molecule has 1 aliphatic heterocycles. The standard InChI is InChI=1S/C19H33N5S.HI/c1-3-19(9-4-5-10-19)15-22-17(20-2)21-11-8-16-14-25-18(23-16)24-12-6-7-13-24;/h14H,3-13,15H2,1-2H3,(H2,20,21,22);1H. The minimum atomic E-state index is 0. The van der Waals surface area contributed by atoms with Crippen LogP contribution in [0.15, 0.2) is 10.4 Å². The predicted octanol–water partition coefficient (Wildman–Crippen LogP) is 4.04. The van der Waals surface area contributed by atoms with Crippen molar-refractivity contribution < 1.29 is 0 Å². The third kappa shape index (κ3) is 5.71. The second-order valence-corrected chi connectivity index (χ2v) is 8.32. The molecule has 1 aromatic heterocycles. The summed E-state index contributed by atoms with van der Waals surface area (Å²) in [6.07, 6.45) is 10.3. The molecule has 148 valence electrons. The molecule has 1 saturated heterocycles. The number of anilines is 1. The lowest BCUT2D eigenvalue weighted by atomic mass is 9.83. The van der Waals surface area contributed by atoms with Crippen LogP contribution < -0.4 is 15.5 Å². The van der Waals surface area contributed by atoms with Gasteiger partial charge in [0.25, 0.3) is 0 Å². The maximum atomic E-state index is 4.79. The van der Waals surface area contributed by atoms with E-state index in [0.717, 1.165) is 25.5 Å². The molecule has 0 atom stereocenters. The number of guanidine groups is 1. The first-order chi connectivity index (χ1) is 12.2. The van der Waals surface area contributed by atoms with Gasteiger partial charge in [-0.25, -0.2) is 4.98 Å². The summed E-state index contributed by atoms with van der Waals surface area (Å²) in [6.45, 7) is 6.58. The van der Waals surface area contributed by atoms with Crippen molar-refractivity contribution in [3.63, 3.8) is 0 Å². The largest absolute Gasteiger partial charge is 0.356 e. The number of nitrogens with zero attached hydrogens (tertiary/aromatic N) is 3. The summed E-state index contributed by atoms with van der Waals surface area (Å²) in [5.74, 6) is 0.926. The lowest BCUT2D eigenvalue weighted by Gasteiger charge is -2.28. The monoisotopic (exact) mass is 491 g/mol. The van der Waals surface area contributed by atoms with Gasteiger partial charge >= 0.3 is 0 Å². The van der Waals surface area contributed by atoms with Gasteiger partial charge in [-0.1, -0.05) is 19.8 Å². The SMILES string of the molecule is CCC1(CNC(=NC)NCCc2csc(N3CCCC3)n2)CCCC1.I. The summed E-state index contributed by atoms with van der Waals surface area (Å²) in [5, 5.41) is 10.4. The van der Waals surface area contributed by atoms with E-state index in [-0.39, 0.29) is 24.0 Å². The molecule has 0 amide bonds. The lowest BCUT2D eigenvalue weighted by Crippen LogP contribution is -2.43. The highest BCUT2D eigenvalue weighted by molar-refractivity contribution is 14.0. The predicted molar refractivity (Wildman–Crippen MR) is 123 cm³/mol. The minimum absolute atomic E-state index is 0. The van der Waals surface area contributed by atoms with Gasteiger partial charge in [0.1, 0.15) is 0 Å². The third-order valence-electron chi connectivity index (χ3n) is 5.86. The first-order valence-corrected chi connectivity index (χ1v) is 10.8. The Morgan fingerprint density at radius 1 is 1.23 bits per heavy atom. The maximum Gasteiger partial charge on any atom is 0.191 e. The zero-order valence-electron chi connectivity index (χ0n) is 16.2. The molecule has 0 radical (unpaired) electrons. The molecule has 7 heteroatoms. The molecule has 1 aromatic rings. The van der Waals surface area contributed by atoms with E-state index < -0.39 is 0 Å². The van der Waals surface area contributed by atoms with Crippen LogP contribution in [0.3, 0.4) is 0 Å². The van der Waals surface area contributed by atoms with Gasteiger partial charge in [0.2, 0.25) is 0 Å². The molecular weight excluding hydrogens is 457 g/mol. The Kier molecular flexibility index (Phi) is 8.93. The van der Waals surface area contributed by atoms with E-state index in [1.807, 2.05) is 7.05 Å². The number of halogens is 1. The second kappa shape index (κ2) is 10.7. The van der Waals surface area contributed by atoms with Crippen LogP contribution in [-0.4, -0.2) is 44.2 Å². The molecule has 2 aliphatic rings. The van der Waals surface area contributed by atoms with E-state index in [9.17, 15) is 0 Å². The van der Waals surface area contributed by atoms with Gasteiger partial charge in [-0.2, -0.15) is 0 Å². The summed E-state index contributed by atoms with van der Waals surface area (Å²) in [7, 11) is 1.86. The van der Waals surface area contributed by atoms with Crippen molar-refractivity contribution in [2.75, 3.05) is 38.1 Å². The van der Waals surface area contributed by atoms with Crippen LogP contribution >= 0.6 is 35.3 Å². The molecule has 26 heavy (non-hydrogen) atoms. The van der Waals surface area contributed by atoms with E-state index in [4.69, 9.17) is 4.98 Å². The number of thiazole rings is 1. The molecule has 3 rings (SSSR count). The van der Waals surface area contributed by atoms with Crippen LogP contribution in [0.1, 0.15) is 57.6 Å². The average molecular weight is 491 g/mol. The fourth-order valence-corrected chi connectivity index (χ4v) is 4.96. The molecule has 0 spiro atoms. The molecule has 1 aliphatic carbocycles. The molecule has 2 heterocycles. The van der Waals surface area contributed by atoms with Crippen LogP contribution in [0.4, 0.5) is 5.13 Å². The average Bonchev–Trinajstić information content (AvgIpc) is 3.39. The van der Waals surface area contributed by atoms with Gasteiger partial charge in [0.15, 0.2) is 11.1 Å². The molecule has 0 bridgehead atoms. The van der Waals surface area contributed by atoms with E-state index in [2.05, 4.69) is 32.8 Å². The Morgan fingerprint density at radius 3 is 2.62 bits per heavy atom. The van der Waals surface area contributed by atoms with Gasteiger partial charge in [-0.3, -0.25) is 4.99 Å². The number of rotatable bonds is 7. The van der Waals surface area contributed by atoms with Crippen LogP contribution in [0, 0.1) is 5.41 Å². The molecule has 1 saturated carbocycles. The van der Waals surface area contributed by atoms with Crippen molar-refractivity contribution in [3.8, 4) is 0 Å². The van der Waals surface area contributed by atoms with Gasteiger partial charge in [0.05, 0.1) is 5.69 Å². The highest BCUT2D eigenvalue weighted by Gasteiger charge is 2.31. The van der Waals surface area contributed by atoms with E-state index in [1.165, 1.54) is 68.9 Å². The Morgan fingerprint density at radius 2 is 1.96 bits per heavy atom. The summed E-state index contributed by atoms with van der Waals surface area (Å²) < 4.78 is 0. The molecule has 2 N–H and O–H groups in total. The normalized spacial score (nSPS) is 19.5. The second-order valence-electron chi connectivity index (χ2n) is 7.48.